The molecule has 1 aromatic rings. The number of nitro benzene ring substituents is 1. The molecule has 8 heteroatoms. The van der Waals surface area contributed by atoms with Gasteiger partial charge in [-0.3, -0.25) is 15.0 Å². The van der Waals surface area contributed by atoms with Crippen LogP contribution in [0.5, 0.6) is 5.75 Å². The summed E-state index contributed by atoms with van der Waals surface area (Å²) < 4.78 is 30.4. The van der Waals surface area contributed by atoms with E-state index in [4.69, 9.17) is 4.74 Å². The average Bonchev–Trinajstić information content (AvgIpc) is 2.72. The van der Waals surface area contributed by atoms with E-state index in [-0.39, 0.29) is 18.0 Å². The molecule has 1 aliphatic rings. The van der Waals surface area contributed by atoms with E-state index in [0.29, 0.717) is 44.9 Å². The molecule has 0 saturated carbocycles. The number of hydrogen-bond donors (Lipinski definition) is 0. The Morgan fingerprint density at radius 2 is 2.09 bits per heavy atom. The normalized spacial score (nSPS) is 16.4. The van der Waals surface area contributed by atoms with Crippen molar-refractivity contribution in [2.75, 3.05) is 44.2 Å². The monoisotopic (exact) mass is 329 g/mol. The van der Waals surface area contributed by atoms with Crippen LogP contribution < -0.4 is 9.64 Å². The van der Waals surface area contributed by atoms with Crippen LogP contribution in [0, 0.1) is 10.1 Å². The van der Waals surface area contributed by atoms with Crippen molar-refractivity contribution in [2.24, 2.45) is 0 Å². The summed E-state index contributed by atoms with van der Waals surface area (Å²) in [6.45, 7) is 3.95. The van der Waals surface area contributed by atoms with Crippen molar-refractivity contribution in [1.82, 2.24) is 4.90 Å². The molecule has 0 radical (unpaired) electrons. The van der Waals surface area contributed by atoms with E-state index in [1.807, 2.05) is 4.90 Å². The number of anilines is 1. The van der Waals surface area contributed by atoms with Gasteiger partial charge in [0.15, 0.2) is 5.75 Å². The van der Waals surface area contributed by atoms with Crippen molar-refractivity contribution in [2.45, 2.75) is 19.8 Å². The smallest absolute Gasteiger partial charge is 0.333 e. The third kappa shape index (κ3) is 4.51. The van der Waals surface area contributed by atoms with Gasteiger partial charge < -0.3 is 9.64 Å². The second-order valence-electron chi connectivity index (χ2n) is 5.35. The van der Waals surface area contributed by atoms with Gasteiger partial charge in [0.05, 0.1) is 18.1 Å². The number of nitrogens with zero attached hydrogens (tertiary/aromatic N) is 3. The highest BCUT2D eigenvalue weighted by atomic mass is 19.3. The third-order valence-corrected chi connectivity index (χ3v) is 3.79. The van der Waals surface area contributed by atoms with Gasteiger partial charge in [0.2, 0.25) is 0 Å². The molecule has 2 rings (SSSR count). The van der Waals surface area contributed by atoms with Crippen LogP contribution in [0.3, 0.4) is 0 Å². The second-order valence-corrected chi connectivity index (χ2v) is 5.35. The summed E-state index contributed by atoms with van der Waals surface area (Å²) in [6.07, 6.45) is -1.68. The quantitative estimate of drug-likeness (QED) is 0.593. The zero-order chi connectivity index (χ0) is 16.8. The summed E-state index contributed by atoms with van der Waals surface area (Å²) in [7, 11) is 0. The molecule has 0 bridgehead atoms. The van der Waals surface area contributed by atoms with Crippen molar-refractivity contribution >= 4 is 11.4 Å². The number of nitro groups is 1. The van der Waals surface area contributed by atoms with E-state index >= 15 is 0 Å². The van der Waals surface area contributed by atoms with Crippen LogP contribution in [0.2, 0.25) is 0 Å². The van der Waals surface area contributed by atoms with Crippen molar-refractivity contribution in [3.05, 3.63) is 28.3 Å². The number of rotatable bonds is 6. The molecule has 6 nitrogen and oxygen atoms in total. The van der Waals surface area contributed by atoms with Crippen molar-refractivity contribution in [3.8, 4) is 5.75 Å². The van der Waals surface area contributed by atoms with Crippen LogP contribution in [0.1, 0.15) is 13.3 Å². The number of alkyl halides is 2. The number of hydrogen-bond acceptors (Lipinski definition) is 5. The first-order chi connectivity index (χ1) is 11.0. The summed E-state index contributed by atoms with van der Waals surface area (Å²) in [4.78, 5) is 14.6. The average molecular weight is 329 g/mol. The maximum atomic E-state index is 12.5. The highest BCUT2D eigenvalue weighted by Crippen LogP contribution is 2.37. The van der Waals surface area contributed by atoms with E-state index in [1.54, 1.807) is 30.0 Å². The molecule has 0 aromatic heterocycles. The molecule has 0 unspecified atom stereocenters. The molecular weight excluding hydrogens is 308 g/mol. The Kier molecular flexibility index (Phi) is 6.09. The topological polar surface area (TPSA) is 58.8 Å². The van der Waals surface area contributed by atoms with Crippen molar-refractivity contribution in [1.29, 1.82) is 0 Å². The predicted octanol–water partition coefficient (Wildman–Crippen LogP) is 2.77. The highest BCUT2D eigenvalue weighted by Gasteiger charge is 2.26. The number of para-hydroxylation sites is 1. The van der Waals surface area contributed by atoms with Gasteiger partial charge in [-0.15, -0.1) is 0 Å². The van der Waals surface area contributed by atoms with Gasteiger partial charge in [-0.1, -0.05) is 6.07 Å². The molecule has 0 amide bonds. The summed E-state index contributed by atoms with van der Waals surface area (Å²) in [6, 6.07) is 4.98. The Balaban J connectivity index is 2.21. The van der Waals surface area contributed by atoms with Crippen molar-refractivity contribution < 1.29 is 18.4 Å². The van der Waals surface area contributed by atoms with Gasteiger partial charge in [-0.2, -0.15) is 0 Å². The summed E-state index contributed by atoms with van der Waals surface area (Å²) in [5.41, 5.74) is 0.427. The van der Waals surface area contributed by atoms with Crippen LogP contribution >= 0.6 is 0 Å². The first-order valence-corrected chi connectivity index (χ1v) is 7.68. The van der Waals surface area contributed by atoms with Gasteiger partial charge in [0, 0.05) is 26.2 Å². The van der Waals surface area contributed by atoms with Crippen LogP contribution in [-0.4, -0.2) is 55.6 Å². The molecule has 1 aliphatic heterocycles. The van der Waals surface area contributed by atoms with Crippen LogP contribution in [0.4, 0.5) is 20.2 Å². The van der Waals surface area contributed by atoms with Crippen LogP contribution in [-0.2, 0) is 0 Å². The Labute approximate surface area is 133 Å². The minimum atomic E-state index is -2.36. The van der Waals surface area contributed by atoms with Gasteiger partial charge in [0.1, 0.15) is 5.69 Å². The lowest BCUT2D eigenvalue weighted by Crippen LogP contribution is -2.33. The van der Waals surface area contributed by atoms with Crippen LogP contribution in [0.25, 0.3) is 0 Å². The lowest BCUT2D eigenvalue weighted by Gasteiger charge is -2.23. The molecule has 128 valence electrons. The lowest BCUT2D eigenvalue weighted by molar-refractivity contribution is -0.385. The fraction of sp³-hybridized carbons (Fsp3) is 0.600. The van der Waals surface area contributed by atoms with E-state index in [2.05, 4.69) is 0 Å². The van der Waals surface area contributed by atoms with E-state index in [1.165, 1.54) is 0 Å². The number of benzene rings is 1. The zero-order valence-electron chi connectivity index (χ0n) is 13.1. The molecule has 1 aromatic carbocycles. The highest BCUT2D eigenvalue weighted by molar-refractivity contribution is 5.69. The first-order valence-electron chi connectivity index (χ1n) is 7.68. The van der Waals surface area contributed by atoms with Crippen molar-refractivity contribution in [3.63, 3.8) is 0 Å². The molecule has 23 heavy (non-hydrogen) atoms. The standard InChI is InChI=1S/C15H21F2N3O3/c1-2-23-13-6-3-5-12(15(13)20(21)22)19-8-4-7-18(9-10-19)11-14(16)17/h3,5-6,14H,2,4,7-11H2,1H3. The molecule has 1 fully saturated rings. The lowest BCUT2D eigenvalue weighted by atomic mass is 10.2. The minimum Gasteiger partial charge on any atom is -0.487 e. The second kappa shape index (κ2) is 8.05. The molecular formula is C15H21F2N3O3. The molecule has 1 heterocycles. The third-order valence-electron chi connectivity index (χ3n) is 3.79. The van der Waals surface area contributed by atoms with Gasteiger partial charge in [-0.25, -0.2) is 8.78 Å². The number of ether oxygens (including phenoxy) is 1. The molecule has 0 N–H and O–H groups in total. The maximum Gasteiger partial charge on any atom is 0.333 e. The molecule has 1 saturated heterocycles. The maximum absolute atomic E-state index is 12.5. The Hall–Kier alpha value is -1.96. The summed E-state index contributed by atoms with van der Waals surface area (Å²) in [5, 5.41) is 11.4. The molecule has 0 aliphatic carbocycles. The molecule has 0 spiro atoms. The van der Waals surface area contributed by atoms with Gasteiger partial charge in [0.25, 0.3) is 6.43 Å². The largest absolute Gasteiger partial charge is 0.487 e. The first kappa shape index (κ1) is 17.4. The van der Waals surface area contributed by atoms with Gasteiger partial charge in [-0.05, 0) is 25.5 Å². The van der Waals surface area contributed by atoms with E-state index < -0.39 is 11.3 Å². The minimum absolute atomic E-state index is 0.0586. The summed E-state index contributed by atoms with van der Waals surface area (Å²) in [5.74, 6) is 0.240. The Morgan fingerprint density at radius 1 is 1.30 bits per heavy atom. The Bertz CT molecular complexity index is 543. The fourth-order valence-electron chi connectivity index (χ4n) is 2.81. The molecule has 0 atom stereocenters. The number of halogens is 2. The predicted molar refractivity (Wildman–Crippen MR) is 83.5 cm³/mol. The Morgan fingerprint density at radius 3 is 2.74 bits per heavy atom. The summed E-state index contributed by atoms with van der Waals surface area (Å²) >= 11 is 0. The van der Waals surface area contributed by atoms with Gasteiger partial charge >= 0.3 is 5.69 Å². The zero-order valence-corrected chi connectivity index (χ0v) is 13.1. The van der Waals surface area contributed by atoms with Crippen LogP contribution in [0.15, 0.2) is 18.2 Å². The van der Waals surface area contributed by atoms with E-state index in [9.17, 15) is 18.9 Å². The van der Waals surface area contributed by atoms with E-state index in [0.717, 1.165) is 0 Å². The SMILES string of the molecule is CCOc1cccc(N2CCCN(CC(F)F)CC2)c1[N+](=O)[O-]. The fourth-order valence-corrected chi connectivity index (χ4v) is 2.81.